The van der Waals surface area contributed by atoms with Crippen molar-refractivity contribution in [3.63, 3.8) is 0 Å². The molecule has 4 bridgehead atoms. The van der Waals surface area contributed by atoms with Gasteiger partial charge in [0.15, 0.2) is 11.4 Å². The van der Waals surface area contributed by atoms with E-state index in [0.717, 1.165) is 40.9 Å². The van der Waals surface area contributed by atoms with Crippen LogP contribution in [0.15, 0.2) is 42.5 Å². The average molecular weight is 516 g/mol. The van der Waals surface area contributed by atoms with Gasteiger partial charge in [0, 0.05) is 29.3 Å². The van der Waals surface area contributed by atoms with Crippen molar-refractivity contribution in [1.29, 1.82) is 0 Å². The van der Waals surface area contributed by atoms with Crippen molar-refractivity contribution >= 4 is 22.7 Å². The second-order valence-corrected chi connectivity index (χ2v) is 12.6. The van der Waals surface area contributed by atoms with Crippen molar-refractivity contribution < 1.29 is 24.2 Å². The molecule has 38 heavy (non-hydrogen) atoms. The molecule has 0 saturated heterocycles. The highest BCUT2D eigenvalue weighted by Crippen LogP contribution is 2.61. The summed E-state index contributed by atoms with van der Waals surface area (Å²) >= 11 is 0. The minimum absolute atomic E-state index is 0.0149. The van der Waals surface area contributed by atoms with Gasteiger partial charge in [-0.3, -0.25) is 4.79 Å². The van der Waals surface area contributed by atoms with E-state index in [2.05, 4.69) is 11.5 Å². The molecular formula is C32H37NO5. The van der Waals surface area contributed by atoms with Crippen molar-refractivity contribution in [3.05, 3.63) is 59.3 Å². The van der Waals surface area contributed by atoms with Crippen LogP contribution in [0, 0.1) is 30.1 Å². The molecule has 0 spiro atoms. The summed E-state index contributed by atoms with van der Waals surface area (Å²) < 4.78 is 13.5. The topological polar surface area (TPSA) is 77.8 Å². The highest BCUT2D eigenvalue weighted by Gasteiger charge is 2.51. The summed E-state index contributed by atoms with van der Waals surface area (Å²) in [5.41, 5.74) is 2.14. The quantitative estimate of drug-likeness (QED) is 0.340. The van der Waals surface area contributed by atoms with E-state index in [1.165, 1.54) is 38.5 Å². The summed E-state index contributed by atoms with van der Waals surface area (Å²) in [6.45, 7) is 6.05. The molecule has 0 unspecified atom stereocenters. The number of nitrogens with zero attached hydrogens (tertiary/aromatic N) is 1. The number of hydrogen-bond donors (Lipinski definition) is 1. The SMILES string of the molecule is COc1ccc(C(=O)c2c(C)n(CC34CC5CC(CC(C5)C3)C4)c3cc(OC(C)(C)C(=O)O)ccc23)cc1. The number of carbonyl (C=O) groups is 2. The third-order valence-corrected chi connectivity index (χ3v) is 9.42. The number of hydrogen-bond acceptors (Lipinski definition) is 4. The monoisotopic (exact) mass is 515 g/mol. The third-order valence-electron chi connectivity index (χ3n) is 9.42. The van der Waals surface area contributed by atoms with E-state index in [1.54, 1.807) is 27.0 Å². The Labute approximate surface area is 223 Å². The zero-order chi connectivity index (χ0) is 26.8. The molecule has 4 aliphatic carbocycles. The van der Waals surface area contributed by atoms with Crippen LogP contribution in [0.4, 0.5) is 0 Å². The predicted molar refractivity (Wildman–Crippen MR) is 146 cm³/mol. The van der Waals surface area contributed by atoms with Crippen LogP contribution in [-0.4, -0.2) is 34.1 Å². The molecule has 4 aliphatic rings. The second-order valence-electron chi connectivity index (χ2n) is 12.6. The Bertz CT molecular complexity index is 1380. The van der Waals surface area contributed by atoms with E-state index < -0.39 is 11.6 Å². The standard InChI is InChI=1S/C32H37NO5/c1-19-28(29(34)23-5-7-24(37-4)8-6-23)26-10-9-25(38-31(2,3)30(35)36)14-27(26)33(19)18-32-15-20-11-21(16-32)13-22(12-20)17-32/h5-10,14,20-22H,11-13,15-18H2,1-4H3,(H,35,36). The molecule has 1 N–H and O–H groups in total. The zero-order valence-corrected chi connectivity index (χ0v) is 22.8. The van der Waals surface area contributed by atoms with E-state index in [4.69, 9.17) is 9.47 Å². The van der Waals surface area contributed by atoms with Gasteiger partial charge in [0.2, 0.25) is 0 Å². The number of aliphatic carboxylic acids is 1. The molecule has 0 radical (unpaired) electrons. The van der Waals surface area contributed by atoms with Gasteiger partial charge in [0.25, 0.3) is 0 Å². The molecule has 0 atom stereocenters. The summed E-state index contributed by atoms with van der Waals surface area (Å²) in [5, 5.41) is 10.5. The first kappa shape index (κ1) is 25.0. The van der Waals surface area contributed by atoms with Crippen LogP contribution < -0.4 is 9.47 Å². The third kappa shape index (κ3) is 4.18. The Kier molecular flexibility index (Phi) is 5.85. The van der Waals surface area contributed by atoms with Gasteiger partial charge in [-0.15, -0.1) is 0 Å². The van der Waals surface area contributed by atoms with E-state index in [-0.39, 0.29) is 11.2 Å². The molecular weight excluding hydrogens is 478 g/mol. The number of ether oxygens (including phenoxy) is 2. The lowest BCUT2D eigenvalue weighted by Crippen LogP contribution is -2.48. The van der Waals surface area contributed by atoms with Crippen molar-refractivity contribution in [2.75, 3.05) is 7.11 Å². The molecule has 0 amide bonds. The second kappa shape index (κ2) is 8.89. The van der Waals surface area contributed by atoms with Crippen LogP contribution in [0.3, 0.4) is 0 Å². The number of methoxy groups -OCH3 is 1. The van der Waals surface area contributed by atoms with Gasteiger partial charge in [-0.2, -0.15) is 0 Å². The van der Waals surface area contributed by atoms with Crippen LogP contribution in [-0.2, 0) is 11.3 Å². The Morgan fingerprint density at radius 3 is 2.11 bits per heavy atom. The number of fused-ring (bicyclic) bond motifs is 1. The first-order valence-electron chi connectivity index (χ1n) is 13.8. The lowest BCUT2D eigenvalue weighted by Gasteiger charge is -2.57. The highest BCUT2D eigenvalue weighted by atomic mass is 16.5. The van der Waals surface area contributed by atoms with Crippen LogP contribution >= 0.6 is 0 Å². The molecule has 3 aromatic rings. The van der Waals surface area contributed by atoms with Crippen molar-refractivity contribution in [2.45, 2.75) is 71.4 Å². The Morgan fingerprint density at radius 1 is 0.974 bits per heavy atom. The Balaban J connectivity index is 1.45. The predicted octanol–water partition coefficient (Wildman–Crippen LogP) is 6.65. The molecule has 7 rings (SSSR count). The summed E-state index contributed by atoms with van der Waals surface area (Å²) in [4.78, 5) is 25.6. The number of carboxylic acid groups (broad SMARTS) is 1. The number of ketones is 1. The highest BCUT2D eigenvalue weighted by molar-refractivity contribution is 6.17. The molecule has 0 aliphatic heterocycles. The maximum atomic E-state index is 13.9. The average Bonchev–Trinajstić information content (AvgIpc) is 3.12. The Morgan fingerprint density at radius 2 is 1.55 bits per heavy atom. The van der Waals surface area contributed by atoms with Gasteiger partial charge < -0.3 is 19.1 Å². The zero-order valence-electron chi connectivity index (χ0n) is 22.8. The van der Waals surface area contributed by atoms with Crippen molar-refractivity contribution in [2.24, 2.45) is 23.2 Å². The van der Waals surface area contributed by atoms with Gasteiger partial charge in [-0.1, -0.05) is 0 Å². The van der Waals surface area contributed by atoms with Crippen LogP contribution in [0.25, 0.3) is 10.9 Å². The summed E-state index contributed by atoms with van der Waals surface area (Å²) in [5.74, 6) is 2.67. The summed E-state index contributed by atoms with van der Waals surface area (Å²) in [7, 11) is 1.62. The van der Waals surface area contributed by atoms with Crippen LogP contribution in [0.1, 0.15) is 74.0 Å². The van der Waals surface area contributed by atoms with Gasteiger partial charge in [0.1, 0.15) is 11.5 Å². The summed E-state index contributed by atoms with van der Waals surface area (Å²) in [6, 6.07) is 12.9. The lowest BCUT2D eigenvalue weighted by molar-refractivity contribution is -0.152. The van der Waals surface area contributed by atoms with Gasteiger partial charge in [-0.25, -0.2) is 4.79 Å². The largest absolute Gasteiger partial charge is 0.497 e. The molecule has 1 aromatic heterocycles. The van der Waals surface area contributed by atoms with Crippen LogP contribution in [0.5, 0.6) is 11.5 Å². The maximum Gasteiger partial charge on any atom is 0.347 e. The number of carbonyl (C=O) groups excluding carboxylic acids is 1. The maximum absolute atomic E-state index is 13.9. The molecule has 6 heteroatoms. The fourth-order valence-corrected chi connectivity index (χ4v) is 8.05. The van der Waals surface area contributed by atoms with Gasteiger partial charge in [-0.05, 0) is 119 Å². The number of carboxylic acids is 1. The molecule has 4 saturated carbocycles. The first-order valence-corrected chi connectivity index (χ1v) is 13.8. The lowest BCUT2D eigenvalue weighted by atomic mass is 9.49. The van der Waals surface area contributed by atoms with Crippen molar-refractivity contribution in [3.8, 4) is 11.5 Å². The molecule has 4 fully saturated rings. The van der Waals surface area contributed by atoms with Crippen molar-refractivity contribution in [1.82, 2.24) is 4.57 Å². The van der Waals surface area contributed by atoms with Crippen LogP contribution in [0.2, 0.25) is 0 Å². The Hall–Kier alpha value is -3.28. The summed E-state index contributed by atoms with van der Waals surface area (Å²) in [6.07, 6.45) is 7.95. The van der Waals surface area contributed by atoms with Gasteiger partial charge in [0.05, 0.1) is 18.2 Å². The molecule has 2 aromatic carbocycles. The number of aromatic nitrogens is 1. The number of benzene rings is 2. The van der Waals surface area contributed by atoms with E-state index in [9.17, 15) is 14.7 Å². The normalized spacial score (nSPS) is 26.1. The fourth-order valence-electron chi connectivity index (χ4n) is 8.05. The number of rotatable bonds is 8. The minimum Gasteiger partial charge on any atom is -0.497 e. The van der Waals surface area contributed by atoms with Gasteiger partial charge >= 0.3 is 5.97 Å². The smallest absolute Gasteiger partial charge is 0.347 e. The minimum atomic E-state index is -1.36. The first-order chi connectivity index (χ1) is 18.1. The van der Waals surface area contributed by atoms with E-state index in [1.807, 2.05) is 36.4 Å². The fraction of sp³-hybridized carbons (Fsp3) is 0.500. The molecule has 6 nitrogen and oxygen atoms in total. The molecule has 1 heterocycles. The van der Waals surface area contributed by atoms with E-state index in [0.29, 0.717) is 22.6 Å². The van der Waals surface area contributed by atoms with E-state index >= 15 is 0 Å². The molecule has 200 valence electrons.